The smallest absolute Gasteiger partial charge is 0.223 e. The molecule has 0 aromatic heterocycles. The van der Waals surface area contributed by atoms with Crippen LogP contribution in [0.5, 0.6) is 0 Å². The Hall–Kier alpha value is -2.94. The lowest BCUT2D eigenvalue weighted by atomic mass is 10.2. The minimum Gasteiger partial charge on any atom is -0.297 e. The molecule has 0 fully saturated rings. The molecule has 1 N–H and O–H groups in total. The van der Waals surface area contributed by atoms with Crippen LogP contribution in [0.25, 0.3) is 0 Å². The molecule has 2 rings (SSSR count). The Morgan fingerprint density at radius 2 is 1.12 bits per heavy atom. The van der Waals surface area contributed by atoms with Crippen molar-refractivity contribution >= 4 is 11.8 Å². The van der Waals surface area contributed by atoms with Crippen LogP contribution in [0.1, 0.15) is 26.4 Å². The maximum absolute atomic E-state index is 9.92. The molecule has 0 aliphatic carbocycles. The summed E-state index contributed by atoms with van der Waals surface area (Å²) in [6.07, 6.45) is 5.77. The molecular weight excluding hydrogens is 310 g/mol. The molecule has 2 amide bonds. The maximum Gasteiger partial charge on any atom is 0.223 e. The monoisotopic (exact) mass is 339 g/mol. The number of hydrogen-bond donors (Lipinski definition) is 1. The molecule has 2 aromatic carbocycles. The van der Waals surface area contributed by atoms with Crippen molar-refractivity contribution in [2.45, 2.75) is 26.7 Å². The molecule has 0 radical (unpaired) electrons. The summed E-state index contributed by atoms with van der Waals surface area (Å²) < 4.78 is 0. The Bertz CT molecular complexity index is 582. The number of amides is 2. The van der Waals surface area contributed by atoms with Crippen LogP contribution in [-0.2, 0) is 22.4 Å². The van der Waals surface area contributed by atoms with Gasteiger partial charge < -0.3 is 0 Å². The number of carbonyl (C=O) groups excluding carboxylic acids is 2. The Balaban J connectivity index is 0. The van der Waals surface area contributed by atoms with Crippen molar-refractivity contribution in [1.82, 2.24) is 5.32 Å². The zero-order chi connectivity index (χ0) is 18.9. The van der Waals surface area contributed by atoms with Crippen LogP contribution < -0.4 is 5.32 Å². The quantitative estimate of drug-likeness (QED) is 0.817. The molecule has 3 heteroatoms. The summed E-state index contributed by atoms with van der Waals surface area (Å²) >= 11 is 0. The number of benzene rings is 2. The standard InChI is InChI=1S/2C9H10.C4H7NO2.H2/c2*1-2-6-9-7-4-3-5-8-9;1-3(6)5-4(2)7;/h2*2-5,7-8H,1,6H2;1-2H3,(H,5,6,7);1H. The van der Waals surface area contributed by atoms with Gasteiger partial charge in [-0.1, -0.05) is 72.8 Å². The van der Waals surface area contributed by atoms with Gasteiger partial charge in [0.1, 0.15) is 0 Å². The fraction of sp³-hybridized carbons (Fsp3) is 0.182. The van der Waals surface area contributed by atoms with E-state index in [9.17, 15) is 9.59 Å². The highest BCUT2D eigenvalue weighted by Gasteiger charge is 1.90. The molecule has 2 aromatic rings. The molecule has 25 heavy (non-hydrogen) atoms. The second kappa shape index (κ2) is 14.6. The Morgan fingerprint density at radius 1 is 0.800 bits per heavy atom. The molecule has 0 aliphatic rings. The summed E-state index contributed by atoms with van der Waals surface area (Å²) in [5, 5.41) is 2.03. The Morgan fingerprint density at radius 3 is 1.32 bits per heavy atom. The van der Waals surface area contributed by atoms with Gasteiger partial charge in [0.25, 0.3) is 0 Å². The highest BCUT2D eigenvalue weighted by Crippen LogP contribution is 1.99. The molecule has 0 atom stereocenters. The molecule has 0 unspecified atom stereocenters. The van der Waals surface area contributed by atoms with E-state index in [0.717, 1.165) is 12.8 Å². The van der Waals surface area contributed by atoms with Gasteiger partial charge in [0.15, 0.2) is 0 Å². The minimum atomic E-state index is -0.312. The SMILES string of the molecule is C=CCc1ccccc1.C=CCc1ccccc1.CC(=O)NC(C)=O.[HH]. The molecular formula is C22H29NO2. The third-order valence-corrected chi connectivity index (χ3v) is 2.80. The molecule has 0 saturated carbocycles. The summed E-state index contributed by atoms with van der Waals surface area (Å²) in [5.74, 6) is -0.625. The predicted octanol–water partition coefficient (Wildman–Crippen LogP) is 4.75. The predicted molar refractivity (Wildman–Crippen MR) is 107 cm³/mol. The number of rotatable bonds is 4. The van der Waals surface area contributed by atoms with Gasteiger partial charge in [0, 0.05) is 15.3 Å². The van der Waals surface area contributed by atoms with E-state index in [1.165, 1.54) is 25.0 Å². The van der Waals surface area contributed by atoms with Crippen LogP contribution in [0.3, 0.4) is 0 Å². The van der Waals surface area contributed by atoms with E-state index in [2.05, 4.69) is 37.4 Å². The largest absolute Gasteiger partial charge is 0.297 e. The van der Waals surface area contributed by atoms with Crippen LogP contribution >= 0.6 is 0 Å². The number of hydrogen-bond acceptors (Lipinski definition) is 2. The van der Waals surface area contributed by atoms with Gasteiger partial charge >= 0.3 is 0 Å². The number of nitrogens with one attached hydrogen (secondary N) is 1. The highest BCUT2D eigenvalue weighted by molar-refractivity contribution is 5.92. The van der Waals surface area contributed by atoms with E-state index in [-0.39, 0.29) is 13.2 Å². The third kappa shape index (κ3) is 14.4. The molecule has 0 saturated heterocycles. The molecule has 0 bridgehead atoms. The van der Waals surface area contributed by atoms with Crippen molar-refractivity contribution in [3.8, 4) is 0 Å². The van der Waals surface area contributed by atoms with Gasteiger partial charge in [0.05, 0.1) is 0 Å². The molecule has 0 spiro atoms. The van der Waals surface area contributed by atoms with Gasteiger partial charge in [-0.3, -0.25) is 14.9 Å². The first-order chi connectivity index (χ1) is 12.0. The lowest BCUT2D eigenvalue weighted by molar-refractivity contribution is -0.127. The first kappa shape index (κ1) is 22.1. The average molecular weight is 339 g/mol. The fourth-order valence-corrected chi connectivity index (χ4v) is 1.81. The summed E-state index contributed by atoms with van der Waals surface area (Å²) in [5.41, 5.74) is 2.65. The summed E-state index contributed by atoms with van der Waals surface area (Å²) in [7, 11) is 0. The molecule has 134 valence electrons. The first-order valence-corrected chi connectivity index (χ1v) is 8.07. The fourth-order valence-electron chi connectivity index (χ4n) is 1.81. The topological polar surface area (TPSA) is 46.2 Å². The van der Waals surface area contributed by atoms with Crippen molar-refractivity contribution in [3.05, 3.63) is 97.1 Å². The minimum absolute atomic E-state index is 0. The number of carbonyl (C=O) groups is 2. The lowest BCUT2D eigenvalue weighted by Gasteiger charge is -1.91. The van der Waals surface area contributed by atoms with Gasteiger partial charge in [-0.15, -0.1) is 13.2 Å². The molecule has 0 aliphatic heterocycles. The van der Waals surface area contributed by atoms with Gasteiger partial charge in [-0.2, -0.15) is 0 Å². The Labute approximate surface area is 152 Å². The van der Waals surface area contributed by atoms with Crippen molar-refractivity contribution in [2.75, 3.05) is 0 Å². The average Bonchev–Trinajstić information content (AvgIpc) is 2.57. The molecule has 3 nitrogen and oxygen atoms in total. The van der Waals surface area contributed by atoms with Crippen LogP contribution in [0.2, 0.25) is 0 Å². The van der Waals surface area contributed by atoms with Crippen LogP contribution in [0, 0.1) is 0 Å². The third-order valence-electron chi connectivity index (χ3n) is 2.80. The normalized spacial score (nSPS) is 8.56. The summed E-state index contributed by atoms with van der Waals surface area (Å²) in [6.45, 7) is 9.90. The van der Waals surface area contributed by atoms with Crippen LogP contribution in [0.15, 0.2) is 86.0 Å². The van der Waals surface area contributed by atoms with E-state index >= 15 is 0 Å². The van der Waals surface area contributed by atoms with E-state index in [0.29, 0.717) is 0 Å². The Kier molecular flexibility index (Phi) is 12.9. The maximum atomic E-state index is 9.92. The molecule has 0 heterocycles. The van der Waals surface area contributed by atoms with E-state index < -0.39 is 0 Å². The van der Waals surface area contributed by atoms with E-state index in [4.69, 9.17) is 0 Å². The van der Waals surface area contributed by atoms with Gasteiger partial charge in [-0.05, 0) is 24.0 Å². The second-order valence-corrected chi connectivity index (χ2v) is 5.19. The second-order valence-electron chi connectivity index (χ2n) is 5.19. The van der Waals surface area contributed by atoms with Crippen LogP contribution in [0.4, 0.5) is 0 Å². The first-order valence-electron chi connectivity index (χ1n) is 8.07. The van der Waals surface area contributed by atoms with Crippen LogP contribution in [-0.4, -0.2) is 11.8 Å². The van der Waals surface area contributed by atoms with E-state index in [1.54, 1.807) is 0 Å². The number of imide groups is 1. The zero-order valence-electron chi connectivity index (χ0n) is 15.1. The number of allylic oxidation sites excluding steroid dienone is 2. The summed E-state index contributed by atoms with van der Waals surface area (Å²) in [4.78, 5) is 19.8. The summed E-state index contributed by atoms with van der Waals surface area (Å²) in [6, 6.07) is 20.6. The zero-order valence-corrected chi connectivity index (χ0v) is 15.1. The highest BCUT2D eigenvalue weighted by atomic mass is 16.2. The lowest BCUT2D eigenvalue weighted by Crippen LogP contribution is -2.24. The van der Waals surface area contributed by atoms with Gasteiger partial charge in [-0.25, -0.2) is 0 Å². The van der Waals surface area contributed by atoms with Crippen molar-refractivity contribution in [1.29, 1.82) is 0 Å². The van der Waals surface area contributed by atoms with Crippen molar-refractivity contribution in [2.24, 2.45) is 0 Å². The van der Waals surface area contributed by atoms with Crippen molar-refractivity contribution < 1.29 is 11.0 Å². The van der Waals surface area contributed by atoms with Crippen molar-refractivity contribution in [3.63, 3.8) is 0 Å². The van der Waals surface area contributed by atoms with E-state index in [1.807, 2.05) is 53.9 Å². The van der Waals surface area contributed by atoms with Gasteiger partial charge in [0.2, 0.25) is 11.8 Å².